The van der Waals surface area contributed by atoms with Gasteiger partial charge in [0.1, 0.15) is 0 Å². The summed E-state index contributed by atoms with van der Waals surface area (Å²) in [5.74, 6) is -0.696. The number of rotatable bonds is 4. The number of aromatic nitrogens is 3. The van der Waals surface area contributed by atoms with Crippen molar-refractivity contribution in [2.45, 2.75) is 40.2 Å². The Hall–Kier alpha value is -3.36. The predicted molar refractivity (Wildman–Crippen MR) is 115 cm³/mol. The molecule has 2 amide bonds. The number of hydrogen-bond donors (Lipinski definition) is 2. The summed E-state index contributed by atoms with van der Waals surface area (Å²) in [5.41, 5.74) is 3.60. The van der Waals surface area contributed by atoms with Crippen molar-refractivity contribution in [3.05, 3.63) is 51.3 Å². The largest absolute Gasteiger partial charge is 0.419 e. The van der Waals surface area contributed by atoms with Crippen LogP contribution in [0.1, 0.15) is 47.1 Å². The summed E-state index contributed by atoms with van der Waals surface area (Å²) in [6.07, 6.45) is 1.45. The van der Waals surface area contributed by atoms with Gasteiger partial charge in [-0.3, -0.25) is 19.3 Å². The molecule has 0 aliphatic carbocycles. The second kappa shape index (κ2) is 7.72. The topological polar surface area (TPSA) is 113 Å². The van der Waals surface area contributed by atoms with Gasteiger partial charge >= 0.3 is 5.76 Å². The van der Waals surface area contributed by atoms with Gasteiger partial charge in [-0.05, 0) is 51.8 Å². The van der Waals surface area contributed by atoms with Gasteiger partial charge in [-0.25, -0.2) is 4.79 Å². The Labute approximate surface area is 179 Å². The van der Waals surface area contributed by atoms with E-state index >= 15 is 0 Å². The number of nitrogens with one attached hydrogen (secondary N) is 2. The third-order valence-corrected chi connectivity index (χ3v) is 6.28. The Morgan fingerprint density at radius 3 is 2.81 bits per heavy atom. The lowest BCUT2D eigenvalue weighted by atomic mass is 9.80. The minimum atomic E-state index is -0.675. The number of aromatic amines is 1. The maximum atomic E-state index is 13.2. The van der Waals surface area contributed by atoms with E-state index in [1.807, 2.05) is 20.8 Å². The number of aryl methyl sites for hydroxylation is 3. The highest BCUT2D eigenvalue weighted by Gasteiger charge is 2.39. The number of carbonyl (C=O) groups is 2. The number of benzene rings is 1. The molecule has 0 unspecified atom stereocenters. The van der Waals surface area contributed by atoms with Crippen molar-refractivity contribution < 1.29 is 14.0 Å². The standard InChI is InChI=1S/C22H27N5O4/c1-13-16(14(2)25-24-13)11-23-20(29)22(3)8-5-9-27(12-22)19(28)15-6-7-18-17(10-15)26(4)21(30)31-18/h6-7,10H,5,8-9,11-12H2,1-4H3,(H,23,29)(H,24,25)/t22-/m1/s1. The van der Waals surface area contributed by atoms with Crippen LogP contribution in [0.3, 0.4) is 0 Å². The molecule has 1 aliphatic heterocycles. The van der Waals surface area contributed by atoms with Crippen molar-refractivity contribution in [1.29, 1.82) is 0 Å². The summed E-state index contributed by atoms with van der Waals surface area (Å²) in [4.78, 5) is 39.6. The molecular formula is C22H27N5O4. The number of amides is 2. The maximum Gasteiger partial charge on any atom is 0.419 e. The molecule has 1 fully saturated rings. The zero-order valence-corrected chi connectivity index (χ0v) is 18.2. The van der Waals surface area contributed by atoms with Crippen LogP contribution in [-0.4, -0.2) is 44.6 Å². The van der Waals surface area contributed by atoms with Crippen molar-refractivity contribution in [2.75, 3.05) is 13.1 Å². The Morgan fingerprint density at radius 1 is 1.32 bits per heavy atom. The van der Waals surface area contributed by atoms with E-state index in [1.54, 1.807) is 30.1 Å². The number of piperidine rings is 1. The van der Waals surface area contributed by atoms with E-state index in [1.165, 1.54) is 4.57 Å². The number of likely N-dealkylation sites (tertiary alicyclic amines) is 1. The molecule has 1 atom stereocenters. The van der Waals surface area contributed by atoms with Crippen molar-refractivity contribution in [2.24, 2.45) is 12.5 Å². The summed E-state index contributed by atoms with van der Waals surface area (Å²) in [6.45, 7) is 7.06. The van der Waals surface area contributed by atoms with Crippen molar-refractivity contribution in [1.82, 2.24) is 25.0 Å². The van der Waals surface area contributed by atoms with Crippen molar-refractivity contribution in [3.63, 3.8) is 0 Å². The minimum absolute atomic E-state index is 0.0716. The van der Waals surface area contributed by atoms with Gasteiger partial charge in [0.25, 0.3) is 5.91 Å². The number of hydrogen-bond acceptors (Lipinski definition) is 5. The molecule has 4 rings (SSSR count). The number of fused-ring (bicyclic) bond motifs is 1. The van der Waals surface area contributed by atoms with Crippen LogP contribution in [0.5, 0.6) is 0 Å². The smallest absolute Gasteiger partial charge is 0.408 e. The number of oxazole rings is 1. The highest BCUT2D eigenvalue weighted by molar-refractivity contribution is 5.97. The van der Waals surface area contributed by atoms with Gasteiger partial charge in [0, 0.05) is 43.5 Å². The van der Waals surface area contributed by atoms with E-state index in [2.05, 4.69) is 15.5 Å². The molecule has 0 bridgehead atoms. The van der Waals surface area contributed by atoms with Crippen LogP contribution in [0.15, 0.2) is 27.4 Å². The lowest BCUT2D eigenvalue weighted by Crippen LogP contribution is -2.51. The lowest BCUT2D eigenvalue weighted by molar-refractivity contribution is -0.132. The number of carbonyl (C=O) groups excluding carboxylic acids is 2. The van der Waals surface area contributed by atoms with Gasteiger partial charge in [-0.15, -0.1) is 0 Å². The van der Waals surface area contributed by atoms with Gasteiger partial charge in [-0.2, -0.15) is 5.10 Å². The van der Waals surface area contributed by atoms with Gasteiger partial charge in [0.2, 0.25) is 5.91 Å². The quantitative estimate of drug-likeness (QED) is 0.664. The van der Waals surface area contributed by atoms with E-state index in [-0.39, 0.29) is 11.8 Å². The van der Waals surface area contributed by atoms with E-state index < -0.39 is 11.2 Å². The van der Waals surface area contributed by atoms with Crippen LogP contribution in [-0.2, 0) is 18.4 Å². The van der Waals surface area contributed by atoms with E-state index in [4.69, 9.17) is 4.42 Å². The summed E-state index contributed by atoms with van der Waals surface area (Å²) in [5, 5.41) is 10.1. The molecule has 0 radical (unpaired) electrons. The molecule has 9 heteroatoms. The fraction of sp³-hybridized carbons (Fsp3) is 0.455. The van der Waals surface area contributed by atoms with Crippen molar-refractivity contribution in [3.8, 4) is 0 Å². The molecule has 164 valence electrons. The van der Waals surface area contributed by atoms with Crippen LogP contribution in [0.4, 0.5) is 0 Å². The molecule has 1 saturated heterocycles. The van der Waals surface area contributed by atoms with Gasteiger partial charge in [-0.1, -0.05) is 0 Å². The average Bonchev–Trinajstić information content (AvgIpc) is 3.23. The molecular weight excluding hydrogens is 398 g/mol. The first-order valence-electron chi connectivity index (χ1n) is 10.4. The van der Waals surface area contributed by atoms with E-state index in [0.29, 0.717) is 42.7 Å². The molecule has 2 N–H and O–H groups in total. The van der Waals surface area contributed by atoms with Crippen LogP contribution in [0.25, 0.3) is 11.1 Å². The predicted octanol–water partition coefficient (Wildman–Crippen LogP) is 2.03. The zero-order valence-electron chi connectivity index (χ0n) is 18.2. The summed E-state index contributed by atoms with van der Waals surface area (Å²) >= 11 is 0. The van der Waals surface area contributed by atoms with Crippen LogP contribution in [0, 0.1) is 19.3 Å². The number of H-pyrrole nitrogens is 1. The monoisotopic (exact) mass is 425 g/mol. The minimum Gasteiger partial charge on any atom is -0.408 e. The Kier molecular flexibility index (Phi) is 5.20. The highest BCUT2D eigenvalue weighted by Crippen LogP contribution is 2.31. The first kappa shape index (κ1) is 20.9. The van der Waals surface area contributed by atoms with Crippen LogP contribution < -0.4 is 11.1 Å². The number of nitrogens with zero attached hydrogens (tertiary/aromatic N) is 3. The normalized spacial score (nSPS) is 19.0. The van der Waals surface area contributed by atoms with Gasteiger partial charge in [0.05, 0.1) is 16.6 Å². The molecule has 3 aromatic rings. The third-order valence-electron chi connectivity index (χ3n) is 6.28. The summed E-state index contributed by atoms with van der Waals surface area (Å²) < 4.78 is 6.52. The molecule has 2 aromatic heterocycles. The zero-order chi connectivity index (χ0) is 22.3. The fourth-order valence-corrected chi connectivity index (χ4v) is 4.26. The molecule has 31 heavy (non-hydrogen) atoms. The molecule has 9 nitrogen and oxygen atoms in total. The second-order valence-electron chi connectivity index (χ2n) is 8.60. The molecule has 3 heterocycles. The molecule has 0 spiro atoms. The average molecular weight is 425 g/mol. The Balaban J connectivity index is 1.49. The van der Waals surface area contributed by atoms with Crippen LogP contribution >= 0.6 is 0 Å². The fourth-order valence-electron chi connectivity index (χ4n) is 4.26. The summed E-state index contributed by atoms with van der Waals surface area (Å²) in [6, 6.07) is 4.96. The van der Waals surface area contributed by atoms with E-state index in [9.17, 15) is 14.4 Å². The van der Waals surface area contributed by atoms with Gasteiger partial charge in [0.15, 0.2) is 5.58 Å². The molecule has 1 aromatic carbocycles. The van der Waals surface area contributed by atoms with Gasteiger partial charge < -0.3 is 14.6 Å². The summed E-state index contributed by atoms with van der Waals surface area (Å²) in [7, 11) is 1.61. The Bertz CT molecular complexity index is 1200. The van der Waals surface area contributed by atoms with Crippen molar-refractivity contribution >= 4 is 22.9 Å². The SMILES string of the molecule is Cc1n[nH]c(C)c1CNC(=O)[C@]1(C)CCCN(C(=O)c2ccc3oc(=O)n(C)c3c2)C1. The highest BCUT2D eigenvalue weighted by atomic mass is 16.4. The molecule has 1 aliphatic rings. The first-order valence-corrected chi connectivity index (χ1v) is 10.4. The Morgan fingerprint density at radius 2 is 2.10 bits per heavy atom. The molecule has 0 saturated carbocycles. The third kappa shape index (κ3) is 3.75. The van der Waals surface area contributed by atoms with Crippen LogP contribution in [0.2, 0.25) is 0 Å². The van der Waals surface area contributed by atoms with E-state index in [0.717, 1.165) is 23.4 Å². The lowest BCUT2D eigenvalue weighted by Gasteiger charge is -2.39. The first-order chi connectivity index (χ1) is 14.7. The second-order valence-corrected chi connectivity index (χ2v) is 8.60. The maximum absolute atomic E-state index is 13.2.